The average molecular weight is 279 g/mol. The van der Waals surface area contributed by atoms with E-state index in [2.05, 4.69) is 5.32 Å². The second-order valence-electron chi connectivity index (χ2n) is 4.72. The molecule has 0 radical (unpaired) electrons. The van der Waals surface area contributed by atoms with Crippen LogP contribution in [0.25, 0.3) is 10.8 Å². The smallest absolute Gasteiger partial charge is 0.259 e. The first-order valence-electron chi connectivity index (χ1n) is 6.45. The Balaban J connectivity index is 1.96. The van der Waals surface area contributed by atoms with E-state index in [1.165, 1.54) is 12.1 Å². The van der Waals surface area contributed by atoms with Crippen LogP contribution >= 0.6 is 0 Å². The molecule has 1 amide bonds. The molecular formula is C17H13NO3. The lowest BCUT2D eigenvalue weighted by Gasteiger charge is -2.08. The molecular weight excluding hydrogens is 266 g/mol. The highest BCUT2D eigenvalue weighted by atomic mass is 16.3. The summed E-state index contributed by atoms with van der Waals surface area (Å²) in [6, 6.07) is 16.9. The number of carbonyl (C=O) groups is 1. The highest BCUT2D eigenvalue weighted by Crippen LogP contribution is 2.26. The second kappa shape index (κ2) is 5.17. The third-order valence-corrected chi connectivity index (χ3v) is 3.21. The summed E-state index contributed by atoms with van der Waals surface area (Å²) in [5, 5.41) is 23.8. The van der Waals surface area contributed by atoms with Crippen molar-refractivity contribution in [2.24, 2.45) is 0 Å². The van der Waals surface area contributed by atoms with Gasteiger partial charge in [0.05, 0.1) is 5.56 Å². The van der Waals surface area contributed by atoms with Gasteiger partial charge in [-0.2, -0.15) is 0 Å². The van der Waals surface area contributed by atoms with Gasteiger partial charge in [-0.15, -0.1) is 0 Å². The zero-order chi connectivity index (χ0) is 14.8. The molecule has 104 valence electrons. The number of benzene rings is 3. The van der Waals surface area contributed by atoms with Crippen molar-refractivity contribution >= 4 is 22.4 Å². The number of hydrogen-bond donors (Lipinski definition) is 3. The van der Waals surface area contributed by atoms with Crippen molar-refractivity contribution in [2.45, 2.75) is 0 Å². The van der Waals surface area contributed by atoms with Gasteiger partial charge in [-0.3, -0.25) is 4.79 Å². The molecule has 0 aliphatic carbocycles. The molecule has 3 N–H and O–H groups in total. The Labute approximate surface area is 121 Å². The van der Waals surface area contributed by atoms with Crippen LogP contribution < -0.4 is 5.32 Å². The molecule has 0 unspecified atom stereocenters. The van der Waals surface area contributed by atoms with Gasteiger partial charge < -0.3 is 15.5 Å². The third kappa shape index (κ3) is 2.65. The van der Waals surface area contributed by atoms with Crippen LogP contribution in [0.2, 0.25) is 0 Å². The van der Waals surface area contributed by atoms with Crippen molar-refractivity contribution in [3.05, 3.63) is 66.2 Å². The predicted molar refractivity (Wildman–Crippen MR) is 81.7 cm³/mol. The topological polar surface area (TPSA) is 69.6 Å². The van der Waals surface area contributed by atoms with Crippen molar-refractivity contribution in [1.29, 1.82) is 0 Å². The Kier molecular flexibility index (Phi) is 3.20. The van der Waals surface area contributed by atoms with Crippen LogP contribution in [-0.2, 0) is 0 Å². The maximum atomic E-state index is 12.2. The van der Waals surface area contributed by atoms with Gasteiger partial charge in [0, 0.05) is 11.8 Å². The summed E-state index contributed by atoms with van der Waals surface area (Å²) in [6.45, 7) is 0. The van der Waals surface area contributed by atoms with Crippen LogP contribution in [0.1, 0.15) is 10.4 Å². The second-order valence-corrected chi connectivity index (χ2v) is 4.72. The molecule has 0 fully saturated rings. The molecule has 0 aliphatic heterocycles. The lowest BCUT2D eigenvalue weighted by molar-refractivity contribution is 0.102. The van der Waals surface area contributed by atoms with E-state index in [1.807, 2.05) is 24.3 Å². The van der Waals surface area contributed by atoms with Gasteiger partial charge in [0.15, 0.2) is 0 Å². The number of phenols is 2. The summed E-state index contributed by atoms with van der Waals surface area (Å²) in [5.74, 6) is -0.439. The maximum Gasteiger partial charge on any atom is 0.259 e. The van der Waals surface area contributed by atoms with E-state index in [0.29, 0.717) is 5.69 Å². The van der Waals surface area contributed by atoms with Crippen molar-refractivity contribution in [3.8, 4) is 11.5 Å². The van der Waals surface area contributed by atoms with Crippen molar-refractivity contribution in [3.63, 3.8) is 0 Å². The molecule has 0 aromatic heterocycles. The maximum absolute atomic E-state index is 12.2. The first kappa shape index (κ1) is 13.0. The van der Waals surface area contributed by atoms with E-state index in [9.17, 15) is 15.0 Å². The predicted octanol–water partition coefficient (Wildman–Crippen LogP) is 3.50. The van der Waals surface area contributed by atoms with E-state index >= 15 is 0 Å². The first-order valence-corrected chi connectivity index (χ1v) is 6.45. The number of nitrogens with one attached hydrogen (secondary N) is 1. The minimum Gasteiger partial charge on any atom is -0.508 e. The monoisotopic (exact) mass is 279 g/mol. The lowest BCUT2D eigenvalue weighted by atomic mass is 10.1. The van der Waals surface area contributed by atoms with Crippen LogP contribution in [0.5, 0.6) is 11.5 Å². The van der Waals surface area contributed by atoms with E-state index in [0.717, 1.165) is 10.8 Å². The number of anilines is 1. The van der Waals surface area contributed by atoms with Crippen molar-refractivity contribution in [2.75, 3.05) is 5.32 Å². The molecule has 0 bridgehead atoms. The number of rotatable bonds is 2. The Morgan fingerprint density at radius 2 is 1.57 bits per heavy atom. The fourth-order valence-corrected chi connectivity index (χ4v) is 2.19. The lowest BCUT2D eigenvalue weighted by Crippen LogP contribution is -2.12. The Hall–Kier alpha value is -3.01. The van der Waals surface area contributed by atoms with Gasteiger partial charge >= 0.3 is 0 Å². The average Bonchev–Trinajstić information content (AvgIpc) is 2.46. The van der Waals surface area contributed by atoms with Gasteiger partial charge in [-0.25, -0.2) is 0 Å². The Morgan fingerprint density at radius 3 is 2.29 bits per heavy atom. The molecule has 0 heterocycles. The molecule has 21 heavy (non-hydrogen) atoms. The van der Waals surface area contributed by atoms with Gasteiger partial charge in [-0.1, -0.05) is 30.3 Å². The summed E-state index contributed by atoms with van der Waals surface area (Å²) < 4.78 is 0. The van der Waals surface area contributed by atoms with Crippen LogP contribution in [0.15, 0.2) is 60.7 Å². The molecule has 4 nitrogen and oxygen atoms in total. The molecule has 3 aromatic carbocycles. The number of aromatic hydroxyl groups is 2. The number of carbonyl (C=O) groups excluding carboxylic acids is 1. The fraction of sp³-hybridized carbons (Fsp3) is 0. The van der Waals surface area contributed by atoms with Gasteiger partial charge in [0.2, 0.25) is 0 Å². The number of fused-ring (bicyclic) bond motifs is 1. The Morgan fingerprint density at radius 1 is 0.857 bits per heavy atom. The number of hydrogen-bond acceptors (Lipinski definition) is 3. The van der Waals surface area contributed by atoms with Gasteiger partial charge in [0.25, 0.3) is 5.91 Å². The zero-order valence-electron chi connectivity index (χ0n) is 11.1. The quantitative estimate of drug-likeness (QED) is 0.672. The van der Waals surface area contributed by atoms with E-state index in [1.54, 1.807) is 24.3 Å². The van der Waals surface area contributed by atoms with Crippen LogP contribution in [0.3, 0.4) is 0 Å². The van der Waals surface area contributed by atoms with Crippen LogP contribution in [0.4, 0.5) is 5.69 Å². The van der Waals surface area contributed by atoms with Crippen LogP contribution in [0, 0.1) is 0 Å². The minimum absolute atomic E-state index is 0.0653. The fourth-order valence-electron chi connectivity index (χ4n) is 2.19. The summed E-state index contributed by atoms with van der Waals surface area (Å²) in [4.78, 5) is 12.2. The molecule has 3 rings (SSSR count). The summed E-state index contributed by atoms with van der Waals surface area (Å²) in [5.41, 5.74) is 0.657. The first-order chi connectivity index (χ1) is 10.1. The standard InChI is InChI=1S/C17H13NO3/c19-14-7-3-6-13(10-14)18-17(21)15-8-11-4-1-2-5-12(11)9-16(15)20/h1-10,19-20H,(H,18,21). The normalized spacial score (nSPS) is 10.5. The van der Waals surface area contributed by atoms with E-state index in [4.69, 9.17) is 0 Å². The molecule has 0 saturated heterocycles. The summed E-state index contributed by atoms with van der Waals surface area (Å²) in [7, 11) is 0. The van der Waals surface area contributed by atoms with Crippen LogP contribution in [-0.4, -0.2) is 16.1 Å². The van der Waals surface area contributed by atoms with E-state index < -0.39 is 5.91 Å². The van der Waals surface area contributed by atoms with Crippen molar-refractivity contribution in [1.82, 2.24) is 0 Å². The largest absolute Gasteiger partial charge is 0.508 e. The highest BCUT2D eigenvalue weighted by molar-refractivity contribution is 6.08. The summed E-state index contributed by atoms with van der Waals surface area (Å²) >= 11 is 0. The molecule has 0 aliphatic rings. The van der Waals surface area contributed by atoms with E-state index in [-0.39, 0.29) is 17.1 Å². The third-order valence-electron chi connectivity index (χ3n) is 3.21. The van der Waals surface area contributed by atoms with Crippen molar-refractivity contribution < 1.29 is 15.0 Å². The molecule has 0 atom stereocenters. The SMILES string of the molecule is O=C(Nc1cccc(O)c1)c1cc2ccccc2cc1O. The van der Waals surface area contributed by atoms with Gasteiger partial charge in [-0.05, 0) is 35.0 Å². The van der Waals surface area contributed by atoms with Gasteiger partial charge in [0.1, 0.15) is 11.5 Å². The molecule has 4 heteroatoms. The molecule has 0 spiro atoms. The number of amides is 1. The minimum atomic E-state index is -0.427. The molecule has 3 aromatic rings. The highest BCUT2D eigenvalue weighted by Gasteiger charge is 2.12. The Bertz CT molecular complexity index is 827. The zero-order valence-corrected chi connectivity index (χ0v) is 11.1. The molecule has 0 saturated carbocycles. The number of phenolic OH excluding ortho intramolecular Hbond substituents is 2. The summed E-state index contributed by atoms with van der Waals surface area (Å²) in [6.07, 6.45) is 0.